The first-order valence-electron chi connectivity index (χ1n) is 6.46. The molecule has 0 aliphatic heterocycles. The van der Waals surface area contributed by atoms with Crippen molar-refractivity contribution in [3.05, 3.63) is 23.8 Å². The Morgan fingerprint density at radius 1 is 1.37 bits per heavy atom. The molecule has 1 rings (SSSR count). The summed E-state index contributed by atoms with van der Waals surface area (Å²) in [6.07, 6.45) is 0.355. The Kier molecular flexibility index (Phi) is 4.95. The number of nitrogens with two attached hydrogens (primary N) is 1. The Balaban J connectivity index is 3.15. The van der Waals surface area contributed by atoms with Gasteiger partial charge >= 0.3 is 0 Å². The molecule has 4 nitrogen and oxygen atoms in total. The van der Waals surface area contributed by atoms with Gasteiger partial charge in [0, 0.05) is 31.3 Å². The van der Waals surface area contributed by atoms with Crippen LogP contribution in [0.2, 0.25) is 0 Å². The Morgan fingerprint density at radius 2 is 2.00 bits per heavy atom. The van der Waals surface area contributed by atoms with Crippen molar-refractivity contribution in [1.82, 2.24) is 0 Å². The highest BCUT2D eigenvalue weighted by molar-refractivity contribution is 5.93. The van der Waals surface area contributed by atoms with E-state index in [0.29, 0.717) is 13.0 Å². The molecule has 0 atom stereocenters. The van der Waals surface area contributed by atoms with Crippen LogP contribution in [0.1, 0.15) is 32.8 Å². The molecule has 4 heteroatoms. The lowest BCUT2D eigenvalue weighted by atomic mass is 9.86. The minimum Gasteiger partial charge on any atom is -0.496 e. The first-order valence-corrected chi connectivity index (χ1v) is 6.46. The molecular formula is C15H24N2O2. The van der Waals surface area contributed by atoms with Gasteiger partial charge in [0.15, 0.2) is 0 Å². The maximum Gasteiger partial charge on any atom is 0.227 e. The lowest BCUT2D eigenvalue weighted by molar-refractivity contribution is -0.118. The van der Waals surface area contributed by atoms with E-state index in [1.54, 1.807) is 19.1 Å². The number of amides is 1. The fourth-order valence-electron chi connectivity index (χ4n) is 1.93. The van der Waals surface area contributed by atoms with E-state index < -0.39 is 0 Å². The summed E-state index contributed by atoms with van der Waals surface area (Å²) in [5.41, 5.74) is 7.33. The van der Waals surface area contributed by atoms with Crippen molar-refractivity contribution >= 4 is 11.6 Å². The SMILES string of the molecule is COc1ccc(N(C)C(=O)CCN)cc1C(C)(C)C. The number of anilines is 1. The van der Waals surface area contributed by atoms with Crippen LogP contribution in [0.25, 0.3) is 0 Å². The van der Waals surface area contributed by atoms with Gasteiger partial charge in [-0.15, -0.1) is 0 Å². The monoisotopic (exact) mass is 264 g/mol. The minimum absolute atomic E-state index is 0.0209. The Labute approximate surface area is 115 Å². The van der Waals surface area contributed by atoms with Crippen LogP contribution < -0.4 is 15.4 Å². The molecule has 1 aromatic carbocycles. The molecule has 0 aliphatic carbocycles. The van der Waals surface area contributed by atoms with E-state index in [4.69, 9.17) is 10.5 Å². The fraction of sp³-hybridized carbons (Fsp3) is 0.533. The number of hydrogen-bond donors (Lipinski definition) is 1. The van der Waals surface area contributed by atoms with E-state index >= 15 is 0 Å². The van der Waals surface area contributed by atoms with Gasteiger partial charge in [-0.3, -0.25) is 4.79 Å². The summed E-state index contributed by atoms with van der Waals surface area (Å²) in [5.74, 6) is 0.864. The topological polar surface area (TPSA) is 55.6 Å². The molecule has 0 heterocycles. The quantitative estimate of drug-likeness (QED) is 0.908. The lowest BCUT2D eigenvalue weighted by Crippen LogP contribution is -2.28. The van der Waals surface area contributed by atoms with Gasteiger partial charge in [-0.25, -0.2) is 0 Å². The molecule has 0 unspecified atom stereocenters. The molecule has 106 valence electrons. The van der Waals surface area contributed by atoms with E-state index in [1.165, 1.54) is 0 Å². The van der Waals surface area contributed by atoms with Gasteiger partial charge in [0.1, 0.15) is 5.75 Å². The molecule has 0 fully saturated rings. The van der Waals surface area contributed by atoms with Crippen molar-refractivity contribution in [2.24, 2.45) is 5.73 Å². The zero-order chi connectivity index (χ0) is 14.6. The number of ether oxygens (including phenoxy) is 1. The maximum absolute atomic E-state index is 11.9. The number of carbonyl (C=O) groups excluding carboxylic acids is 1. The van der Waals surface area contributed by atoms with Crippen LogP contribution in [0, 0.1) is 0 Å². The van der Waals surface area contributed by atoms with Gasteiger partial charge in [0.05, 0.1) is 7.11 Å². The first kappa shape index (κ1) is 15.5. The number of hydrogen-bond acceptors (Lipinski definition) is 3. The third-order valence-corrected chi connectivity index (χ3v) is 3.11. The third kappa shape index (κ3) is 3.70. The molecule has 2 N–H and O–H groups in total. The predicted octanol–water partition coefficient (Wildman–Crippen LogP) is 2.30. The highest BCUT2D eigenvalue weighted by Crippen LogP contribution is 2.34. The Morgan fingerprint density at radius 3 is 2.47 bits per heavy atom. The van der Waals surface area contributed by atoms with Gasteiger partial charge in [0.25, 0.3) is 0 Å². The highest BCUT2D eigenvalue weighted by Gasteiger charge is 2.21. The molecule has 0 aromatic heterocycles. The second kappa shape index (κ2) is 6.06. The molecule has 0 saturated carbocycles. The average molecular weight is 264 g/mol. The van der Waals surface area contributed by atoms with E-state index in [9.17, 15) is 4.79 Å². The summed E-state index contributed by atoms with van der Waals surface area (Å²) < 4.78 is 5.39. The predicted molar refractivity (Wildman–Crippen MR) is 78.8 cm³/mol. The second-order valence-corrected chi connectivity index (χ2v) is 5.63. The zero-order valence-electron chi connectivity index (χ0n) is 12.5. The molecule has 1 aromatic rings. The van der Waals surface area contributed by atoms with E-state index in [1.807, 2.05) is 18.2 Å². The van der Waals surface area contributed by atoms with Crippen LogP contribution in [0.15, 0.2) is 18.2 Å². The van der Waals surface area contributed by atoms with Gasteiger partial charge in [-0.1, -0.05) is 20.8 Å². The van der Waals surface area contributed by atoms with E-state index in [0.717, 1.165) is 17.0 Å². The fourth-order valence-corrected chi connectivity index (χ4v) is 1.93. The third-order valence-electron chi connectivity index (χ3n) is 3.11. The summed E-state index contributed by atoms with van der Waals surface area (Å²) >= 11 is 0. The standard InChI is InChI=1S/C15H24N2O2/c1-15(2,3)12-10-11(6-7-13(12)19-5)17(4)14(18)8-9-16/h6-7,10H,8-9,16H2,1-5H3. The second-order valence-electron chi connectivity index (χ2n) is 5.63. The van der Waals surface area contributed by atoms with Crippen molar-refractivity contribution in [2.45, 2.75) is 32.6 Å². The zero-order valence-corrected chi connectivity index (χ0v) is 12.5. The number of nitrogens with zero attached hydrogens (tertiary/aromatic N) is 1. The first-order chi connectivity index (χ1) is 8.81. The maximum atomic E-state index is 11.9. The molecule has 1 amide bonds. The summed E-state index contributed by atoms with van der Waals surface area (Å²) in [6.45, 7) is 6.73. The molecule has 0 radical (unpaired) electrons. The molecule has 0 saturated heterocycles. The van der Waals surface area contributed by atoms with E-state index in [-0.39, 0.29) is 11.3 Å². The van der Waals surface area contributed by atoms with Crippen LogP contribution in [0.5, 0.6) is 5.75 Å². The minimum atomic E-state index is -0.0426. The average Bonchev–Trinajstić information content (AvgIpc) is 2.36. The smallest absolute Gasteiger partial charge is 0.227 e. The molecule has 0 bridgehead atoms. The van der Waals surface area contributed by atoms with E-state index in [2.05, 4.69) is 20.8 Å². The summed E-state index contributed by atoms with van der Waals surface area (Å²) in [7, 11) is 3.43. The Bertz CT molecular complexity index is 450. The van der Waals surface area contributed by atoms with Crippen molar-refractivity contribution in [2.75, 3.05) is 25.6 Å². The van der Waals surface area contributed by atoms with Gasteiger partial charge in [0.2, 0.25) is 5.91 Å². The van der Waals surface area contributed by atoms with Gasteiger partial charge < -0.3 is 15.4 Å². The normalized spacial score (nSPS) is 11.3. The van der Waals surface area contributed by atoms with Crippen molar-refractivity contribution in [1.29, 1.82) is 0 Å². The summed E-state index contributed by atoms with van der Waals surface area (Å²) in [4.78, 5) is 13.5. The number of carbonyl (C=O) groups is 1. The van der Waals surface area contributed by atoms with Gasteiger partial charge in [-0.2, -0.15) is 0 Å². The van der Waals surface area contributed by atoms with Gasteiger partial charge in [-0.05, 0) is 23.6 Å². The lowest BCUT2D eigenvalue weighted by Gasteiger charge is -2.25. The number of benzene rings is 1. The summed E-state index contributed by atoms with van der Waals surface area (Å²) in [6, 6.07) is 5.80. The van der Waals surface area contributed by atoms with Crippen LogP contribution in [-0.2, 0) is 10.2 Å². The summed E-state index contributed by atoms with van der Waals surface area (Å²) in [5, 5.41) is 0. The highest BCUT2D eigenvalue weighted by atomic mass is 16.5. The van der Waals surface area contributed by atoms with Crippen molar-refractivity contribution < 1.29 is 9.53 Å². The molecule has 19 heavy (non-hydrogen) atoms. The van der Waals surface area contributed by atoms with Crippen molar-refractivity contribution in [3.63, 3.8) is 0 Å². The number of rotatable bonds is 4. The molecule has 0 spiro atoms. The largest absolute Gasteiger partial charge is 0.496 e. The van der Waals surface area contributed by atoms with Crippen LogP contribution in [0.4, 0.5) is 5.69 Å². The number of methoxy groups -OCH3 is 1. The molecular weight excluding hydrogens is 240 g/mol. The van der Waals surface area contributed by atoms with Crippen LogP contribution in [0.3, 0.4) is 0 Å². The Hall–Kier alpha value is -1.55. The molecule has 0 aliphatic rings. The van der Waals surface area contributed by atoms with Crippen LogP contribution >= 0.6 is 0 Å². The van der Waals surface area contributed by atoms with Crippen molar-refractivity contribution in [3.8, 4) is 5.75 Å². The van der Waals surface area contributed by atoms with Crippen LogP contribution in [-0.4, -0.2) is 26.6 Å².